The van der Waals surface area contributed by atoms with Gasteiger partial charge in [-0.3, -0.25) is 28.8 Å². The van der Waals surface area contributed by atoms with Gasteiger partial charge in [0, 0.05) is 69.6 Å². The number of nitrogens with zero attached hydrogens (tertiary/aromatic N) is 8. The summed E-state index contributed by atoms with van der Waals surface area (Å²) in [5.41, 5.74) is 6.04. The van der Waals surface area contributed by atoms with Crippen molar-refractivity contribution in [3.63, 3.8) is 0 Å². The third-order valence-electron chi connectivity index (χ3n) is 10.1. The molecule has 3 aliphatic heterocycles. The number of nitrogens with one attached hydrogen (secondary N) is 3. The third kappa shape index (κ3) is 6.12. The lowest BCUT2D eigenvalue weighted by molar-refractivity contribution is -0.117. The molecule has 262 valence electrons. The highest BCUT2D eigenvalue weighted by Crippen LogP contribution is 2.45. The number of amides is 4. The number of benzene rings is 1. The molecule has 3 aromatic heterocycles. The first kappa shape index (κ1) is 32.4. The van der Waals surface area contributed by atoms with E-state index in [9.17, 15) is 19.2 Å². The van der Waals surface area contributed by atoms with E-state index in [0.29, 0.717) is 36.6 Å². The molecule has 4 amide bonds. The van der Waals surface area contributed by atoms with Gasteiger partial charge in [-0.2, -0.15) is 5.10 Å². The van der Waals surface area contributed by atoms with Gasteiger partial charge in [0.2, 0.25) is 5.91 Å². The first-order valence-corrected chi connectivity index (χ1v) is 17.4. The highest BCUT2D eigenvalue weighted by Gasteiger charge is 2.34. The average Bonchev–Trinajstić information content (AvgIpc) is 3.47. The summed E-state index contributed by atoms with van der Waals surface area (Å²) < 4.78 is 2.04. The van der Waals surface area contributed by atoms with Crippen molar-refractivity contribution in [3.05, 3.63) is 71.4 Å². The number of rotatable bonds is 8. The quantitative estimate of drug-likeness (QED) is 0.249. The second kappa shape index (κ2) is 13.1. The Morgan fingerprint density at radius 2 is 1.69 bits per heavy atom. The van der Waals surface area contributed by atoms with Crippen molar-refractivity contribution in [2.75, 3.05) is 55.8 Å². The number of anilines is 4. The molecule has 0 radical (unpaired) electrons. The molecule has 15 heteroatoms. The van der Waals surface area contributed by atoms with Gasteiger partial charge in [0.25, 0.3) is 17.7 Å². The molecule has 3 N–H and O–H groups in total. The molecule has 15 nitrogen and oxygen atoms in total. The van der Waals surface area contributed by atoms with Gasteiger partial charge < -0.3 is 30.7 Å². The van der Waals surface area contributed by atoms with E-state index in [4.69, 9.17) is 5.10 Å². The van der Waals surface area contributed by atoms with Crippen LogP contribution in [0.15, 0.2) is 48.8 Å². The lowest BCUT2D eigenvalue weighted by atomic mass is 9.97. The smallest absolute Gasteiger partial charge is 0.273 e. The maximum atomic E-state index is 13.5. The minimum absolute atomic E-state index is 0.00717. The van der Waals surface area contributed by atoms with Crippen LogP contribution in [0.3, 0.4) is 0 Å². The Morgan fingerprint density at radius 1 is 0.863 bits per heavy atom. The van der Waals surface area contributed by atoms with Gasteiger partial charge in [0.05, 0.1) is 47.1 Å². The van der Waals surface area contributed by atoms with E-state index in [1.807, 2.05) is 41.0 Å². The maximum absolute atomic E-state index is 13.5. The van der Waals surface area contributed by atoms with E-state index in [2.05, 4.69) is 36.0 Å². The fraction of sp³-hybridized carbons (Fsp3) is 0.389. The molecule has 4 aromatic rings. The number of carbonyl (C=O) groups is 4. The number of fused-ring (bicyclic) bond motifs is 3. The second-order valence-corrected chi connectivity index (χ2v) is 13.6. The summed E-state index contributed by atoms with van der Waals surface area (Å²) in [5, 5.41) is 21.9. The van der Waals surface area contributed by atoms with Crippen molar-refractivity contribution >= 4 is 46.5 Å². The van der Waals surface area contributed by atoms with Crippen LogP contribution in [0.4, 0.5) is 22.9 Å². The van der Waals surface area contributed by atoms with Crippen LogP contribution in [-0.4, -0.2) is 98.7 Å². The van der Waals surface area contributed by atoms with Crippen molar-refractivity contribution < 1.29 is 19.2 Å². The minimum Gasteiger partial charge on any atom is -0.366 e. The summed E-state index contributed by atoms with van der Waals surface area (Å²) in [5.74, 6) is -0.440. The summed E-state index contributed by atoms with van der Waals surface area (Å²) in [6, 6.07) is 10.9. The number of aromatic nitrogens is 5. The molecule has 51 heavy (non-hydrogen) atoms. The van der Waals surface area contributed by atoms with Crippen LogP contribution in [0, 0.1) is 5.92 Å². The summed E-state index contributed by atoms with van der Waals surface area (Å²) in [7, 11) is 3.53. The van der Waals surface area contributed by atoms with Crippen molar-refractivity contribution in [2.45, 2.75) is 44.7 Å². The third-order valence-corrected chi connectivity index (χ3v) is 10.1. The summed E-state index contributed by atoms with van der Waals surface area (Å²) in [6.45, 7) is 3.16. The van der Waals surface area contributed by atoms with E-state index in [1.165, 1.54) is 13.2 Å². The van der Waals surface area contributed by atoms with Gasteiger partial charge in [-0.15, -0.1) is 10.2 Å². The molecule has 1 aromatic carbocycles. The molecule has 0 bridgehead atoms. The number of hydrogen-bond donors (Lipinski definition) is 3. The van der Waals surface area contributed by atoms with Crippen molar-refractivity contribution in [2.24, 2.45) is 5.92 Å². The van der Waals surface area contributed by atoms with E-state index < -0.39 is 5.91 Å². The lowest BCUT2D eigenvalue weighted by Crippen LogP contribution is -2.31. The zero-order valence-corrected chi connectivity index (χ0v) is 28.6. The molecule has 1 saturated carbocycles. The van der Waals surface area contributed by atoms with Gasteiger partial charge in [0.15, 0.2) is 11.5 Å². The highest BCUT2D eigenvalue weighted by molar-refractivity contribution is 6.01. The zero-order valence-electron chi connectivity index (χ0n) is 28.6. The van der Waals surface area contributed by atoms with Crippen LogP contribution in [0.5, 0.6) is 0 Å². The summed E-state index contributed by atoms with van der Waals surface area (Å²) >= 11 is 0. The first-order chi connectivity index (χ1) is 24.8. The number of hydrogen-bond acceptors (Lipinski definition) is 10. The van der Waals surface area contributed by atoms with Crippen LogP contribution >= 0.6 is 0 Å². The fourth-order valence-electron chi connectivity index (χ4n) is 7.25. The molecule has 1 atom stereocenters. The molecule has 1 aliphatic carbocycles. The van der Waals surface area contributed by atoms with Crippen molar-refractivity contribution in [1.29, 1.82) is 0 Å². The Balaban J connectivity index is 1.01. The predicted octanol–water partition coefficient (Wildman–Crippen LogP) is 3.46. The molecule has 0 spiro atoms. The van der Waals surface area contributed by atoms with E-state index in [0.717, 1.165) is 73.4 Å². The van der Waals surface area contributed by atoms with Crippen LogP contribution in [0.25, 0.3) is 11.1 Å². The Kier molecular flexibility index (Phi) is 8.32. The highest BCUT2D eigenvalue weighted by atomic mass is 16.2. The Bertz CT molecular complexity index is 2030. The fourth-order valence-corrected chi connectivity index (χ4v) is 7.25. The molecule has 1 unspecified atom stereocenters. The first-order valence-electron chi connectivity index (χ1n) is 17.4. The van der Waals surface area contributed by atoms with Crippen LogP contribution in [0.2, 0.25) is 0 Å². The van der Waals surface area contributed by atoms with Crippen LogP contribution in [0.1, 0.15) is 75.2 Å². The largest absolute Gasteiger partial charge is 0.366 e. The molecular formula is C36H39N11O4. The van der Waals surface area contributed by atoms with Crippen LogP contribution < -0.4 is 20.9 Å². The molecule has 2 saturated heterocycles. The van der Waals surface area contributed by atoms with Gasteiger partial charge in [-0.25, -0.2) is 0 Å². The molecule has 8 rings (SSSR count). The Hall–Kier alpha value is -5.86. The summed E-state index contributed by atoms with van der Waals surface area (Å²) in [6.07, 6.45) is 7.88. The molecule has 4 aliphatic rings. The van der Waals surface area contributed by atoms with Crippen molar-refractivity contribution in [3.8, 4) is 11.1 Å². The van der Waals surface area contributed by atoms with Gasteiger partial charge in [-0.1, -0.05) is 12.1 Å². The normalized spacial score (nSPS) is 17.9. The van der Waals surface area contributed by atoms with Crippen LogP contribution in [-0.2, 0) is 11.3 Å². The van der Waals surface area contributed by atoms with Gasteiger partial charge >= 0.3 is 0 Å². The topological polar surface area (TPSA) is 171 Å². The maximum Gasteiger partial charge on any atom is 0.273 e. The Labute approximate surface area is 294 Å². The monoisotopic (exact) mass is 689 g/mol. The summed E-state index contributed by atoms with van der Waals surface area (Å²) in [4.78, 5) is 61.5. The number of carbonyl (C=O) groups excluding carboxylic acids is 4. The zero-order chi connectivity index (χ0) is 35.2. The van der Waals surface area contributed by atoms with E-state index in [1.54, 1.807) is 23.1 Å². The number of likely N-dealkylation sites (tertiary alicyclic amines) is 2. The lowest BCUT2D eigenvalue weighted by Gasteiger charge is -2.31. The number of pyridine rings is 1. The van der Waals surface area contributed by atoms with Crippen molar-refractivity contribution in [1.82, 2.24) is 40.1 Å². The number of para-hydroxylation sites is 1. The van der Waals surface area contributed by atoms with E-state index >= 15 is 0 Å². The minimum atomic E-state index is -0.406. The molecule has 3 fully saturated rings. The van der Waals surface area contributed by atoms with Gasteiger partial charge in [-0.05, 0) is 50.3 Å². The average molecular weight is 690 g/mol. The Morgan fingerprint density at radius 3 is 2.43 bits per heavy atom. The second-order valence-electron chi connectivity index (χ2n) is 13.6. The van der Waals surface area contributed by atoms with Gasteiger partial charge in [0.1, 0.15) is 5.69 Å². The molecular weight excluding hydrogens is 650 g/mol. The van der Waals surface area contributed by atoms with E-state index in [-0.39, 0.29) is 41.2 Å². The standard InChI is InChI=1S/C36H39N11O4/c1-37-34(49)31-28(16-30(42-43-31)41-33(48)21-8-9-21)40-26-7-5-6-24-25-18-39-47(29(25)20-44(2)32(24)26)23-12-15-46(19-23)36(51)27-11-10-22(17-38-27)35(50)45-13-3-4-14-45/h5-7,10-11,16-18,21,23H,3-4,8-9,12-15,19-20H2,1-2H3,(H,37,49)(H2,40,41,42,48). The SMILES string of the molecule is CNC(=O)c1nnc(NC(=O)C2CC2)cc1Nc1cccc2c1N(C)Cc1c-2cnn1C1CCN(C(=O)c2ccc(C(=O)N3CCCC3)cn2)C1. The predicted molar refractivity (Wildman–Crippen MR) is 189 cm³/mol. The molecule has 6 heterocycles.